The number of carbonyl (C=O) groups excluding carboxylic acids is 1. The van der Waals surface area contributed by atoms with E-state index in [1.54, 1.807) is 18.5 Å². The van der Waals surface area contributed by atoms with E-state index in [0.29, 0.717) is 11.6 Å². The Morgan fingerprint density at radius 3 is 2.86 bits per heavy atom. The minimum atomic E-state index is -0.205. The lowest BCUT2D eigenvalue weighted by atomic mass is 10.3. The summed E-state index contributed by atoms with van der Waals surface area (Å²) in [6.45, 7) is 1.99. The standard InChI is InChI=1S/C14H14N6O/c1-10-4-2-7-20-9-11(17-13(10)20)8-12(21)18-19-14-15-5-3-6-16-14/h2-7,9H,8H2,1H3,(H,18,21)(H,15,16,19). The van der Waals surface area contributed by atoms with Crippen LogP contribution in [-0.4, -0.2) is 25.3 Å². The molecule has 0 atom stereocenters. The summed E-state index contributed by atoms with van der Waals surface area (Å²) >= 11 is 0. The molecule has 21 heavy (non-hydrogen) atoms. The van der Waals surface area contributed by atoms with Gasteiger partial charge in [-0.1, -0.05) is 6.07 Å². The van der Waals surface area contributed by atoms with Gasteiger partial charge >= 0.3 is 0 Å². The SMILES string of the molecule is Cc1cccn2cc(CC(=O)NNc3ncccn3)nc12. The van der Waals surface area contributed by atoms with Gasteiger partial charge in [0.1, 0.15) is 5.65 Å². The van der Waals surface area contributed by atoms with Crippen molar-refractivity contribution in [2.45, 2.75) is 13.3 Å². The number of nitrogens with zero attached hydrogens (tertiary/aromatic N) is 4. The zero-order valence-corrected chi connectivity index (χ0v) is 11.4. The molecule has 0 aliphatic carbocycles. The number of pyridine rings is 1. The number of aromatic nitrogens is 4. The molecule has 0 aromatic carbocycles. The molecule has 0 radical (unpaired) electrons. The number of hydrogen-bond donors (Lipinski definition) is 2. The molecule has 0 fully saturated rings. The number of rotatable bonds is 4. The Morgan fingerprint density at radius 1 is 1.29 bits per heavy atom. The number of amides is 1. The van der Waals surface area contributed by atoms with Crippen LogP contribution in [0.25, 0.3) is 5.65 Å². The van der Waals surface area contributed by atoms with Crippen molar-refractivity contribution in [1.29, 1.82) is 0 Å². The molecular weight excluding hydrogens is 268 g/mol. The van der Waals surface area contributed by atoms with Crippen LogP contribution in [0.2, 0.25) is 0 Å². The molecule has 0 unspecified atom stereocenters. The number of hydrazine groups is 1. The van der Waals surface area contributed by atoms with Gasteiger partial charge in [-0.25, -0.2) is 15.0 Å². The summed E-state index contributed by atoms with van der Waals surface area (Å²) in [5.41, 5.74) is 7.83. The van der Waals surface area contributed by atoms with Gasteiger partial charge in [-0.15, -0.1) is 0 Å². The molecule has 3 aromatic rings. The molecule has 2 N–H and O–H groups in total. The van der Waals surface area contributed by atoms with Crippen molar-refractivity contribution in [3.05, 3.63) is 54.2 Å². The second kappa shape index (κ2) is 5.58. The van der Waals surface area contributed by atoms with E-state index in [1.807, 2.05) is 35.9 Å². The van der Waals surface area contributed by atoms with Gasteiger partial charge in [0.05, 0.1) is 12.1 Å². The number of nitrogens with one attached hydrogen (secondary N) is 2. The van der Waals surface area contributed by atoms with Crippen LogP contribution in [0.1, 0.15) is 11.3 Å². The number of carbonyl (C=O) groups is 1. The number of aryl methyl sites for hydroxylation is 1. The van der Waals surface area contributed by atoms with Crippen LogP contribution in [0.15, 0.2) is 43.0 Å². The lowest BCUT2D eigenvalue weighted by Crippen LogP contribution is -2.31. The topological polar surface area (TPSA) is 84.2 Å². The van der Waals surface area contributed by atoms with E-state index < -0.39 is 0 Å². The minimum Gasteiger partial charge on any atom is -0.307 e. The highest BCUT2D eigenvalue weighted by Gasteiger charge is 2.08. The average molecular weight is 282 g/mol. The number of fused-ring (bicyclic) bond motifs is 1. The average Bonchev–Trinajstić information content (AvgIpc) is 2.90. The Labute approximate surface area is 121 Å². The van der Waals surface area contributed by atoms with E-state index >= 15 is 0 Å². The summed E-state index contributed by atoms with van der Waals surface area (Å²) in [6, 6.07) is 5.63. The predicted molar refractivity (Wildman–Crippen MR) is 77.4 cm³/mol. The highest BCUT2D eigenvalue weighted by molar-refractivity contribution is 5.79. The molecule has 1 amide bonds. The van der Waals surface area contributed by atoms with Crippen molar-refractivity contribution >= 4 is 17.5 Å². The molecule has 106 valence electrons. The molecule has 3 aromatic heterocycles. The van der Waals surface area contributed by atoms with Crippen LogP contribution in [0.4, 0.5) is 5.95 Å². The van der Waals surface area contributed by atoms with Crippen molar-refractivity contribution in [3.63, 3.8) is 0 Å². The fourth-order valence-corrected chi connectivity index (χ4v) is 1.99. The molecule has 0 aliphatic rings. The fourth-order valence-electron chi connectivity index (χ4n) is 1.99. The summed E-state index contributed by atoms with van der Waals surface area (Å²) < 4.78 is 1.91. The van der Waals surface area contributed by atoms with E-state index in [-0.39, 0.29) is 12.3 Å². The summed E-state index contributed by atoms with van der Waals surface area (Å²) in [4.78, 5) is 24.2. The second-order valence-corrected chi connectivity index (χ2v) is 4.58. The van der Waals surface area contributed by atoms with Gasteiger partial charge in [0.2, 0.25) is 11.9 Å². The fraction of sp³-hybridized carbons (Fsp3) is 0.143. The Bertz CT molecular complexity index is 767. The second-order valence-electron chi connectivity index (χ2n) is 4.58. The highest BCUT2D eigenvalue weighted by atomic mass is 16.2. The van der Waals surface area contributed by atoms with Gasteiger partial charge in [-0.2, -0.15) is 0 Å². The van der Waals surface area contributed by atoms with E-state index in [0.717, 1.165) is 11.2 Å². The zero-order chi connectivity index (χ0) is 14.7. The Hall–Kier alpha value is -2.96. The molecule has 0 bridgehead atoms. The third-order valence-corrected chi connectivity index (χ3v) is 2.95. The zero-order valence-electron chi connectivity index (χ0n) is 11.4. The minimum absolute atomic E-state index is 0.182. The molecule has 0 saturated carbocycles. The van der Waals surface area contributed by atoms with Crippen molar-refractivity contribution in [2.75, 3.05) is 5.43 Å². The van der Waals surface area contributed by atoms with E-state index in [1.165, 1.54) is 0 Å². The van der Waals surface area contributed by atoms with Gasteiger partial charge in [-0.3, -0.25) is 15.6 Å². The molecule has 7 nitrogen and oxygen atoms in total. The first-order valence-corrected chi connectivity index (χ1v) is 6.47. The number of imidazole rings is 1. The summed E-state index contributed by atoms with van der Waals surface area (Å²) in [7, 11) is 0. The highest BCUT2D eigenvalue weighted by Crippen LogP contribution is 2.10. The maximum Gasteiger partial charge on any atom is 0.244 e. The third kappa shape index (κ3) is 2.97. The van der Waals surface area contributed by atoms with E-state index in [9.17, 15) is 4.79 Å². The quantitative estimate of drug-likeness (QED) is 0.700. The van der Waals surface area contributed by atoms with Gasteiger partial charge in [0, 0.05) is 24.8 Å². The smallest absolute Gasteiger partial charge is 0.244 e. The largest absolute Gasteiger partial charge is 0.307 e. The first-order chi connectivity index (χ1) is 10.2. The monoisotopic (exact) mass is 282 g/mol. The molecular formula is C14H14N6O. The maximum atomic E-state index is 11.9. The van der Waals surface area contributed by atoms with Gasteiger partial charge in [-0.05, 0) is 24.6 Å². The van der Waals surface area contributed by atoms with E-state index in [2.05, 4.69) is 25.8 Å². The van der Waals surface area contributed by atoms with Crippen molar-refractivity contribution in [3.8, 4) is 0 Å². The molecule has 3 heterocycles. The maximum absolute atomic E-state index is 11.9. The van der Waals surface area contributed by atoms with Crippen LogP contribution < -0.4 is 10.9 Å². The number of anilines is 1. The van der Waals surface area contributed by atoms with Crippen LogP contribution in [0, 0.1) is 6.92 Å². The molecule has 7 heteroatoms. The van der Waals surface area contributed by atoms with Crippen LogP contribution in [-0.2, 0) is 11.2 Å². The molecule has 3 rings (SSSR count). The molecule has 0 saturated heterocycles. The molecule has 0 aliphatic heterocycles. The predicted octanol–water partition coefficient (Wildman–Crippen LogP) is 1.12. The lowest BCUT2D eigenvalue weighted by Gasteiger charge is -2.04. The van der Waals surface area contributed by atoms with Crippen LogP contribution in [0.3, 0.4) is 0 Å². The third-order valence-electron chi connectivity index (χ3n) is 2.95. The molecule has 0 spiro atoms. The summed E-state index contributed by atoms with van der Waals surface area (Å²) in [6.07, 6.45) is 7.12. The summed E-state index contributed by atoms with van der Waals surface area (Å²) in [5.74, 6) is 0.139. The first-order valence-electron chi connectivity index (χ1n) is 6.47. The van der Waals surface area contributed by atoms with E-state index in [4.69, 9.17) is 0 Å². The van der Waals surface area contributed by atoms with Crippen LogP contribution in [0.5, 0.6) is 0 Å². The Kier molecular flexibility index (Phi) is 3.46. The van der Waals surface area contributed by atoms with Crippen molar-refractivity contribution in [1.82, 2.24) is 24.8 Å². The first kappa shape index (κ1) is 13.0. The van der Waals surface area contributed by atoms with Gasteiger partial charge in [0.15, 0.2) is 0 Å². The van der Waals surface area contributed by atoms with Crippen molar-refractivity contribution < 1.29 is 4.79 Å². The lowest BCUT2D eigenvalue weighted by molar-refractivity contribution is -0.120. The Morgan fingerprint density at radius 2 is 2.10 bits per heavy atom. The normalized spacial score (nSPS) is 10.5. The summed E-state index contributed by atoms with van der Waals surface area (Å²) in [5, 5.41) is 0. The van der Waals surface area contributed by atoms with Crippen LogP contribution >= 0.6 is 0 Å². The van der Waals surface area contributed by atoms with Crippen molar-refractivity contribution in [2.24, 2.45) is 0 Å². The van der Waals surface area contributed by atoms with Gasteiger partial charge < -0.3 is 4.40 Å². The Balaban J connectivity index is 1.65. The number of hydrogen-bond acceptors (Lipinski definition) is 5. The van der Waals surface area contributed by atoms with Gasteiger partial charge in [0.25, 0.3) is 0 Å².